The minimum absolute atomic E-state index is 0.0778. The zero-order valence-electron chi connectivity index (χ0n) is 13.5. The van der Waals surface area contributed by atoms with Crippen LogP contribution in [0.3, 0.4) is 0 Å². The number of hydrogen-bond acceptors (Lipinski definition) is 5. The predicted octanol–water partition coefficient (Wildman–Crippen LogP) is 2.92. The molecule has 124 valence electrons. The van der Waals surface area contributed by atoms with Crippen molar-refractivity contribution in [1.82, 2.24) is 19.7 Å². The first kappa shape index (κ1) is 15.3. The topological polar surface area (TPSA) is 75.9 Å². The maximum absolute atomic E-state index is 9.65. The second-order valence-electron chi connectivity index (χ2n) is 5.65. The smallest absolute Gasteiger partial charge is 0.156 e. The van der Waals surface area contributed by atoms with Crippen molar-refractivity contribution in [3.05, 3.63) is 78.4 Å². The largest absolute Gasteiger partial charge is 0.392 e. The molecular formula is C19H17N5O. The molecule has 6 nitrogen and oxygen atoms in total. The van der Waals surface area contributed by atoms with Gasteiger partial charge in [-0.3, -0.25) is 4.57 Å². The van der Waals surface area contributed by atoms with E-state index in [0.29, 0.717) is 12.4 Å². The second-order valence-corrected chi connectivity index (χ2v) is 5.65. The summed E-state index contributed by atoms with van der Waals surface area (Å²) in [5, 5.41) is 22.1. The predicted molar refractivity (Wildman–Crippen MR) is 96.4 cm³/mol. The molecule has 0 unspecified atom stereocenters. The number of pyridine rings is 1. The lowest BCUT2D eigenvalue weighted by Crippen LogP contribution is -2.10. The molecular weight excluding hydrogens is 314 g/mol. The monoisotopic (exact) mass is 331 g/mol. The van der Waals surface area contributed by atoms with E-state index in [0.717, 1.165) is 28.0 Å². The Morgan fingerprint density at radius 2 is 1.80 bits per heavy atom. The molecule has 0 aliphatic carbocycles. The number of aliphatic hydroxyl groups excluding tert-OH is 1. The van der Waals surface area contributed by atoms with Crippen LogP contribution in [0.15, 0.2) is 67.0 Å². The normalized spacial score (nSPS) is 10.9. The molecule has 0 bridgehead atoms. The lowest BCUT2D eigenvalue weighted by molar-refractivity contribution is 0.282. The van der Waals surface area contributed by atoms with E-state index in [-0.39, 0.29) is 6.61 Å². The summed E-state index contributed by atoms with van der Waals surface area (Å²) in [7, 11) is 0. The Kier molecular flexibility index (Phi) is 4.10. The van der Waals surface area contributed by atoms with Crippen molar-refractivity contribution in [3.8, 4) is 5.69 Å². The number of anilines is 1. The van der Waals surface area contributed by atoms with Gasteiger partial charge >= 0.3 is 0 Å². The van der Waals surface area contributed by atoms with Gasteiger partial charge in [-0.25, -0.2) is 4.98 Å². The van der Waals surface area contributed by atoms with E-state index in [9.17, 15) is 5.11 Å². The Morgan fingerprint density at radius 1 is 1.00 bits per heavy atom. The van der Waals surface area contributed by atoms with Crippen LogP contribution in [-0.4, -0.2) is 24.9 Å². The average Bonchev–Trinajstić information content (AvgIpc) is 3.15. The highest BCUT2D eigenvalue weighted by Crippen LogP contribution is 2.21. The summed E-state index contributed by atoms with van der Waals surface area (Å²) in [5.74, 6) is 1.42. The van der Waals surface area contributed by atoms with Crippen LogP contribution in [0.2, 0.25) is 0 Å². The number of nitrogens with one attached hydrogen (secondary N) is 1. The summed E-state index contributed by atoms with van der Waals surface area (Å²) < 4.78 is 1.92. The van der Waals surface area contributed by atoms with Crippen molar-refractivity contribution >= 4 is 16.7 Å². The zero-order valence-corrected chi connectivity index (χ0v) is 13.5. The molecule has 0 saturated heterocycles. The molecule has 4 aromatic rings. The molecule has 0 aliphatic rings. The summed E-state index contributed by atoms with van der Waals surface area (Å²) in [4.78, 5) is 4.62. The molecule has 0 amide bonds. The van der Waals surface area contributed by atoms with E-state index in [4.69, 9.17) is 0 Å². The molecule has 2 N–H and O–H groups in total. The molecule has 0 spiro atoms. The van der Waals surface area contributed by atoms with E-state index in [1.54, 1.807) is 6.33 Å². The van der Waals surface area contributed by atoms with Gasteiger partial charge in [0.1, 0.15) is 12.1 Å². The van der Waals surface area contributed by atoms with E-state index in [1.165, 1.54) is 0 Å². The van der Waals surface area contributed by atoms with Crippen molar-refractivity contribution < 1.29 is 5.11 Å². The molecule has 0 radical (unpaired) electrons. The van der Waals surface area contributed by atoms with Crippen LogP contribution in [0.1, 0.15) is 11.4 Å². The Balaban J connectivity index is 1.62. The minimum Gasteiger partial charge on any atom is -0.392 e. The van der Waals surface area contributed by atoms with Gasteiger partial charge in [0.2, 0.25) is 0 Å². The Hall–Kier alpha value is -3.25. The van der Waals surface area contributed by atoms with Gasteiger partial charge in [0.25, 0.3) is 0 Å². The van der Waals surface area contributed by atoms with Crippen LogP contribution < -0.4 is 5.32 Å². The van der Waals surface area contributed by atoms with Crippen molar-refractivity contribution in [3.63, 3.8) is 0 Å². The van der Waals surface area contributed by atoms with Gasteiger partial charge in [0.15, 0.2) is 5.82 Å². The molecule has 25 heavy (non-hydrogen) atoms. The van der Waals surface area contributed by atoms with Crippen LogP contribution >= 0.6 is 0 Å². The van der Waals surface area contributed by atoms with Gasteiger partial charge in [-0.1, -0.05) is 36.4 Å². The Morgan fingerprint density at radius 3 is 2.64 bits per heavy atom. The van der Waals surface area contributed by atoms with E-state index in [1.807, 2.05) is 65.2 Å². The van der Waals surface area contributed by atoms with Crippen molar-refractivity contribution in [2.75, 3.05) is 5.32 Å². The van der Waals surface area contributed by atoms with Crippen LogP contribution in [-0.2, 0) is 13.2 Å². The maximum atomic E-state index is 9.65. The first-order chi connectivity index (χ1) is 12.3. The zero-order chi connectivity index (χ0) is 17.1. The van der Waals surface area contributed by atoms with Gasteiger partial charge in [0.05, 0.1) is 18.7 Å². The summed E-state index contributed by atoms with van der Waals surface area (Å²) in [5.41, 5.74) is 2.63. The van der Waals surface area contributed by atoms with Crippen molar-refractivity contribution in [2.45, 2.75) is 13.2 Å². The van der Waals surface area contributed by atoms with E-state index in [2.05, 4.69) is 20.5 Å². The molecule has 0 fully saturated rings. The molecule has 2 heterocycles. The third-order valence-corrected chi connectivity index (χ3v) is 4.04. The summed E-state index contributed by atoms with van der Waals surface area (Å²) in [6.07, 6.45) is 1.69. The number of benzene rings is 2. The average molecular weight is 331 g/mol. The van der Waals surface area contributed by atoms with Crippen LogP contribution in [0, 0.1) is 0 Å². The first-order valence-electron chi connectivity index (χ1n) is 8.03. The summed E-state index contributed by atoms with van der Waals surface area (Å²) in [6.45, 7) is 0.374. The highest BCUT2D eigenvalue weighted by molar-refractivity contribution is 5.81. The standard InChI is InChI=1S/C19H17N5O/c25-12-15-10-14-6-4-5-9-17(14)22-19(15)20-11-18-23-21-13-24(18)16-7-2-1-3-8-16/h1-10,13,25H,11-12H2,(H,20,22). The van der Waals surface area contributed by atoms with Gasteiger partial charge < -0.3 is 10.4 Å². The quantitative estimate of drug-likeness (QED) is 0.588. The SMILES string of the molecule is OCc1cc2ccccc2nc1NCc1nncn1-c1ccccc1. The molecule has 6 heteroatoms. The van der Waals surface area contributed by atoms with Crippen LogP contribution in [0.5, 0.6) is 0 Å². The third-order valence-electron chi connectivity index (χ3n) is 4.04. The molecule has 4 rings (SSSR count). The lowest BCUT2D eigenvalue weighted by atomic mass is 10.1. The van der Waals surface area contributed by atoms with Crippen molar-refractivity contribution in [2.24, 2.45) is 0 Å². The maximum Gasteiger partial charge on any atom is 0.156 e. The number of para-hydroxylation sites is 2. The Bertz CT molecular complexity index is 997. The number of aliphatic hydroxyl groups is 1. The number of fused-ring (bicyclic) bond motifs is 1. The summed E-state index contributed by atoms with van der Waals surface area (Å²) >= 11 is 0. The molecule has 2 aromatic heterocycles. The fraction of sp³-hybridized carbons (Fsp3) is 0.105. The highest BCUT2D eigenvalue weighted by atomic mass is 16.3. The number of aromatic nitrogens is 4. The van der Waals surface area contributed by atoms with Gasteiger partial charge in [-0.05, 0) is 24.3 Å². The second kappa shape index (κ2) is 6.70. The lowest BCUT2D eigenvalue weighted by Gasteiger charge is -2.12. The molecule has 2 aromatic carbocycles. The molecule has 0 aliphatic heterocycles. The molecule has 0 saturated carbocycles. The number of nitrogens with zero attached hydrogens (tertiary/aromatic N) is 4. The fourth-order valence-electron chi connectivity index (χ4n) is 2.78. The Labute approximate surface area is 144 Å². The van der Waals surface area contributed by atoms with Crippen LogP contribution in [0.4, 0.5) is 5.82 Å². The van der Waals surface area contributed by atoms with Gasteiger partial charge in [-0.2, -0.15) is 0 Å². The van der Waals surface area contributed by atoms with Gasteiger partial charge in [0, 0.05) is 16.6 Å². The highest BCUT2D eigenvalue weighted by Gasteiger charge is 2.09. The summed E-state index contributed by atoms with van der Waals surface area (Å²) in [6, 6.07) is 19.7. The third kappa shape index (κ3) is 3.07. The van der Waals surface area contributed by atoms with E-state index < -0.39 is 0 Å². The van der Waals surface area contributed by atoms with Crippen molar-refractivity contribution in [1.29, 1.82) is 0 Å². The minimum atomic E-state index is -0.0778. The molecule has 0 atom stereocenters. The number of rotatable bonds is 5. The van der Waals surface area contributed by atoms with E-state index >= 15 is 0 Å². The first-order valence-corrected chi connectivity index (χ1v) is 8.03. The van der Waals surface area contributed by atoms with Crippen LogP contribution in [0.25, 0.3) is 16.6 Å². The number of hydrogen-bond donors (Lipinski definition) is 2. The van der Waals surface area contributed by atoms with Gasteiger partial charge in [-0.15, -0.1) is 10.2 Å². The fourth-order valence-corrected chi connectivity index (χ4v) is 2.78.